The molecule has 0 N–H and O–H groups in total. The van der Waals surface area contributed by atoms with Gasteiger partial charge in [0.15, 0.2) is 0 Å². The van der Waals surface area contributed by atoms with E-state index < -0.39 is 0 Å². The minimum atomic E-state index is -0.122. The summed E-state index contributed by atoms with van der Waals surface area (Å²) in [6.45, 7) is 4.85. The van der Waals surface area contributed by atoms with Crippen LogP contribution in [0.4, 0.5) is 0 Å². The third-order valence-electron chi connectivity index (χ3n) is 8.37. The van der Waals surface area contributed by atoms with E-state index in [4.69, 9.17) is 9.40 Å². The Morgan fingerprint density at radius 2 is 1.91 bits per heavy atom. The van der Waals surface area contributed by atoms with Gasteiger partial charge in [-0.1, -0.05) is 55.0 Å². The summed E-state index contributed by atoms with van der Waals surface area (Å²) in [5.74, 6) is 0.287. The molecule has 5 aromatic rings. The fourth-order valence-corrected chi connectivity index (χ4v) is 9.06. The normalized spacial score (nSPS) is 26.3. The fourth-order valence-electron chi connectivity index (χ4n) is 6.59. The number of benzene rings is 1. The van der Waals surface area contributed by atoms with Crippen molar-refractivity contribution in [2.45, 2.75) is 25.7 Å². The number of hydrogen-bond acceptors (Lipinski definition) is 4. The molecule has 3 aliphatic rings. The number of nitrogens with zero attached hydrogens (tertiary/aromatic N) is 1. The summed E-state index contributed by atoms with van der Waals surface area (Å²) < 4.78 is 6.35. The van der Waals surface area contributed by atoms with Crippen molar-refractivity contribution in [1.29, 1.82) is 0 Å². The molecular weight excluding hydrogens is 466 g/mol. The maximum absolute atomic E-state index is 6.35. The highest BCUT2D eigenvalue weighted by molar-refractivity contribution is 7.19. The Balaban J connectivity index is 1.37. The first-order valence-electron chi connectivity index (χ1n) is 12.1. The lowest BCUT2D eigenvalue weighted by Crippen LogP contribution is -2.42. The lowest BCUT2D eigenvalue weighted by atomic mass is 9.58. The van der Waals surface area contributed by atoms with Crippen molar-refractivity contribution >= 4 is 68.2 Å². The van der Waals surface area contributed by atoms with Crippen LogP contribution in [0.15, 0.2) is 70.1 Å². The number of furan rings is 1. The molecule has 35 heavy (non-hydrogen) atoms. The average Bonchev–Trinajstić information content (AvgIpc) is 3.58. The van der Waals surface area contributed by atoms with Gasteiger partial charge < -0.3 is 4.42 Å². The van der Waals surface area contributed by atoms with E-state index in [1.165, 1.54) is 42.4 Å². The topological polar surface area (TPSA) is 26.0 Å². The second-order valence-corrected chi connectivity index (χ2v) is 12.3. The SMILES string of the molecule is CC1(C2=Cc3ccsc3C3(C)c4sc5ncccc5c4C=CC23)C=c2oc3ccccc3c2=CC1. The van der Waals surface area contributed by atoms with Crippen LogP contribution in [0.25, 0.3) is 45.5 Å². The molecule has 0 spiro atoms. The fraction of sp³-hybridized carbons (Fsp3) is 0.194. The maximum Gasteiger partial charge on any atom is 0.135 e. The van der Waals surface area contributed by atoms with Crippen LogP contribution in [0.1, 0.15) is 41.1 Å². The standard InChI is InChI=1S/C31H23NOS2/c1-30(13-11-20-19-6-3-4-8-25(19)33-26(20)17-30)24-16-18-12-15-34-27(18)31(2)23(24)10-9-21-22-7-5-14-32-29(22)35-28(21)31/h3-12,14-17,23H,13H2,1-2H3. The van der Waals surface area contributed by atoms with Gasteiger partial charge >= 0.3 is 0 Å². The molecule has 3 unspecified atom stereocenters. The summed E-state index contributed by atoms with van der Waals surface area (Å²) in [5.41, 5.74) is 5.93. The monoisotopic (exact) mass is 489 g/mol. The Kier molecular flexibility index (Phi) is 3.84. The first-order valence-corrected chi connectivity index (χ1v) is 13.8. The Morgan fingerprint density at radius 3 is 2.86 bits per heavy atom. The Morgan fingerprint density at radius 1 is 1.03 bits per heavy atom. The van der Waals surface area contributed by atoms with Gasteiger partial charge in [0, 0.05) is 48.7 Å². The summed E-state index contributed by atoms with van der Waals surface area (Å²) in [7, 11) is 0. The van der Waals surface area contributed by atoms with E-state index in [2.05, 4.69) is 86.0 Å². The summed E-state index contributed by atoms with van der Waals surface area (Å²) in [6, 6.07) is 15.0. The molecule has 3 aliphatic carbocycles. The van der Waals surface area contributed by atoms with Gasteiger partial charge in [-0.25, -0.2) is 4.98 Å². The van der Waals surface area contributed by atoms with Crippen molar-refractivity contribution in [2.24, 2.45) is 11.3 Å². The molecule has 1 aromatic carbocycles. The van der Waals surface area contributed by atoms with E-state index in [1.54, 1.807) is 0 Å². The number of aromatic nitrogens is 1. The number of fused-ring (bicyclic) bond motifs is 10. The quantitative estimate of drug-likeness (QED) is 0.251. The Bertz CT molecular complexity index is 1880. The molecular formula is C31H23NOS2. The molecule has 0 bridgehead atoms. The maximum atomic E-state index is 6.35. The third-order valence-corrected chi connectivity index (χ3v) is 10.9. The van der Waals surface area contributed by atoms with Crippen LogP contribution < -0.4 is 10.6 Å². The molecule has 0 fully saturated rings. The van der Waals surface area contributed by atoms with Gasteiger partial charge in [-0.05, 0) is 60.2 Å². The molecule has 0 saturated carbocycles. The van der Waals surface area contributed by atoms with Crippen molar-refractivity contribution < 1.29 is 4.42 Å². The van der Waals surface area contributed by atoms with E-state index in [0.29, 0.717) is 0 Å². The van der Waals surface area contributed by atoms with Gasteiger partial charge in [0.2, 0.25) is 0 Å². The van der Waals surface area contributed by atoms with Crippen LogP contribution in [-0.4, -0.2) is 4.98 Å². The molecule has 2 nitrogen and oxygen atoms in total. The van der Waals surface area contributed by atoms with Crippen LogP contribution in [0, 0.1) is 11.3 Å². The van der Waals surface area contributed by atoms with Crippen LogP contribution in [0.2, 0.25) is 0 Å². The molecule has 170 valence electrons. The highest BCUT2D eigenvalue weighted by Gasteiger charge is 2.50. The van der Waals surface area contributed by atoms with Crippen molar-refractivity contribution in [3.8, 4) is 0 Å². The molecule has 0 amide bonds. The zero-order valence-corrected chi connectivity index (χ0v) is 21.2. The second kappa shape index (κ2) is 6.71. The predicted octanol–water partition coefficient (Wildman–Crippen LogP) is 7.12. The number of allylic oxidation sites excluding steroid dienone is 2. The van der Waals surface area contributed by atoms with E-state index in [-0.39, 0.29) is 16.7 Å². The van der Waals surface area contributed by atoms with Crippen LogP contribution in [0.5, 0.6) is 0 Å². The largest absolute Gasteiger partial charge is 0.456 e. The summed E-state index contributed by atoms with van der Waals surface area (Å²) in [4.78, 5) is 8.76. The van der Waals surface area contributed by atoms with E-state index in [0.717, 1.165) is 22.2 Å². The average molecular weight is 490 g/mol. The van der Waals surface area contributed by atoms with E-state index in [9.17, 15) is 0 Å². The number of rotatable bonds is 1. The van der Waals surface area contributed by atoms with Gasteiger partial charge in [-0.15, -0.1) is 22.7 Å². The number of thiophene rings is 2. The molecule has 0 aliphatic heterocycles. The van der Waals surface area contributed by atoms with Gasteiger partial charge in [0.1, 0.15) is 15.8 Å². The molecule has 4 aromatic heterocycles. The minimum absolute atomic E-state index is 0.103. The van der Waals surface area contributed by atoms with Crippen LogP contribution in [0.3, 0.4) is 0 Å². The zero-order chi connectivity index (χ0) is 23.4. The van der Waals surface area contributed by atoms with E-state index >= 15 is 0 Å². The van der Waals surface area contributed by atoms with E-state index in [1.807, 2.05) is 34.9 Å². The zero-order valence-electron chi connectivity index (χ0n) is 19.5. The molecule has 3 atom stereocenters. The van der Waals surface area contributed by atoms with Crippen LogP contribution in [-0.2, 0) is 5.41 Å². The summed E-state index contributed by atoms with van der Waals surface area (Å²) in [6.07, 6.45) is 15.0. The van der Waals surface area contributed by atoms with Crippen molar-refractivity contribution in [1.82, 2.24) is 4.98 Å². The molecule has 0 saturated heterocycles. The second-order valence-electron chi connectivity index (χ2n) is 10.4. The predicted molar refractivity (Wildman–Crippen MR) is 148 cm³/mol. The van der Waals surface area contributed by atoms with Gasteiger partial charge in [0.05, 0.1) is 0 Å². The molecule has 4 heteroatoms. The smallest absolute Gasteiger partial charge is 0.135 e. The lowest BCUT2D eigenvalue weighted by Gasteiger charge is -2.47. The summed E-state index contributed by atoms with van der Waals surface area (Å²) in [5, 5.41) is 5.98. The first kappa shape index (κ1) is 20.0. The highest BCUT2D eigenvalue weighted by atomic mass is 32.1. The van der Waals surface area contributed by atoms with Crippen molar-refractivity contribution in [3.63, 3.8) is 0 Å². The summed E-state index contributed by atoms with van der Waals surface area (Å²) >= 11 is 3.76. The van der Waals surface area contributed by atoms with Gasteiger partial charge in [-0.2, -0.15) is 0 Å². The highest BCUT2D eigenvalue weighted by Crippen LogP contribution is 2.60. The third kappa shape index (κ3) is 2.51. The molecule has 8 rings (SSSR count). The number of para-hydroxylation sites is 1. The Hall–Kier alpha value is -3.21. The lowest BCUT2D eigenvalue weighted by molar-refractivity contribution is 0.399. The first-order chi connectivity index (χ1) is 17.1. The van der Waals surface area contributed by atoms with Crippen molar-refractivity contribution in [3.05, 3.63) is 97.2 Å². The number of pyridine rings is 1. The van der Waals surface area contributed by atoms with Crippen molar-refractivity contribution in [2.75, 3.05) is 0 Å². The number of hydrogen-bond donors (Lipinski definition) is 0. The molecule has 4 heterocycles. The minimum Gasteiger partial charge on any atom is -0.456 e. The van der Waals surface area contributed by atoms with Crippen LogP contribution >= 0.6 is 22.7 Å². The van der Waals surface area contributed by atoms with Gasteiger partial charge in [0.25, 0.3) is 0 Å². The van der Waals surface area contributed by atoms with Gasteiger partial charge in [-0.3, -0.25) is 0 Å². The Labute approximate surface area is 211 Å². The molecule has 0 radical (unpaired) electrons.